The number of rotatable bonds is 3. The Kier molecular flexibility index (Phi) is 4.29. The summed E-state index contributed by atoms with van der Waals surface area (Å²) in [4.78, 5) is 5.90. The molecule has 2 heteroatoms. The summed E-state index contributed by atoms with van der Waals surface area (Å²) in [5.41, 5.74) is 1.28. The standard InChI is InChI=1S/C11H17NS/c1-4-6-10-11(9(3)5-2)12-7-8-13-10/h4,6,9H,1,5,7-8H2,2-3H3/b10-6+. The molecule has 0 saturated carbocycles. The van der Waals surface area contributed by atoms with Crippen LogP contribution in [0.15, 0.2) is 28.6 Å². The summed E-state index contributed by atoms with van der Waals surface area (Å²) < 4.78 is 0. The molecule has 72 valence electrons. The molecule has 0 fully saturated rings. The van der Waals surface area contributed by atoms with Crippen molar-refractivity contribution in [3.8, 4) is 0 Å². The molecule has 0 radical (unpaired) electrons. The summed E-state index contributed by atoms with van der Waals surface area (Å²) in [7, 11) is 0. The molecule has 1 unspecified atom stereocenters. The molecular weight excluding hydrogens is 178 g/mol. The summed E-state index contributed by atoms with van der Waals surface area (Å²) in [5.74, 6) is 1.69. The maximum Gasteiger partial charge on any atom is 0.0512 e. The first-order valence-electron chi connectivity index (χ1n) is 4.79. The van der Waals surface area contributed by atoms with Gasteiger partial charge < -0.3 is 0 Å². The first-order valence-corrected chi connectivity index (χ1v) is 5.78. The van der Waals surface area contributed by atoms with Gasteiger partial charge in [0.05, 0.1) is 5.71 Å². The van der Waals surface area contributed by atoms with Crippen LogP contribution in [0.5, 0.6) is 0 Å². The molecule has 0 aromatic carbocycles. The van der Waals surface area contributed by atoms with Crippen LogP contribution in [-0.2, 0) is 0 Å². The van der Waals surface area contributed by atoms with E-state index in [1.54, 1.807) is 0 Å². The molecule has 1 atom stereocenters. The van der Waals surface area contributed by atoms with E-state index in [1.807, 2.05) is 17.8 Å². The highest BCUT2D eigenvalue weighted by Gasteiger charge is 2.16. The van der Waals surface area contributed by atoms with E-state index < -0.39 is 0 Å². The molecule has 0 aromatic heterocycles. The van der Waals surface area contributed by atoms with E-state index in [9.17, 15) is 0 Å². The van der Waals surface area contributed by atoms with Gasteiger partial charge in [0.15, 0.2) is 0 Å². The molecule has 1 nitrogen and oxygen atoms in total. The number of hydrogen-bond donors (Lipinski definition) is 0. The SMILES string of the molecule is C=C/C=C1/SCCN=C1C(C)CC. The molecule has 1 rings (SSSR count). The Morgan fingerprint density at radius 2 is 2.46 bits per heavy atom. The van der Waals surface area contributed by atoms with Crippen LogP contribution in [0.1, 0.15) is 20.3 Å². The van der Waals surface area contributed by atoms with E-state index in [0.29, 0.717) is 5.92 Å². The first-order chi connectivity index (χ1) is 6.29. The van der Waals surface area contributed by atoms with Crippen molar-refractivity contribution in [2.45, 2.75) is 20.3 Å². The van der Waals surface area contributed by atoms with E-state index in [0.717, 1.165) is 18.7 Å². The molecule has 0 saturated heterocycles. The van der Waals surface area contributed by atoms with E-state index in [4.69, 9.17) is 0 Å². The van der Waals surface area contributed by atoms with Crippen molar-refractivity contribution in [2.24, 2.45) is 10.9 Å². The number of hydrogen-bond acceptors (Lipinski definition) is 2. The van der Waals surface area contributed by atoms with E-state index >= 15 is 0 Å². The summed E-state index contributed by atoms with van der Waals surface area (Å²) in [6.45, 7) is 9.14. The maximum atomic E-state index is 4.58. The van der Waals surface area contributed by atoms with Gasteiger partial charge in [0.1, 0.15) is 0 Å². The monoisotopic (exact) mass is 195 g/mol. The molecule has 0 aliphatic carbocycles. The Balaban J connectivity index is 2.83. The van der Waals surface area contributed by atoms with E-state index in [2.05, 4.69) is 31.5 Å². The second-order valence-electron chi connectivity index (χ2n) is 3.19. The van der Waals surface area contributed by atoms with Crippen LogP contribution in [0.25, 0.3) is 0 Å². The highest BCUT2D eigenvalue weighted by molar-refractivity contribution is 8.04. The average molecular weight is 195 g/mol. The molecule has 0 aromatic rings. The molecule has 1 aliphatic rings. The van der Waals surface area contributed by atoms with Gasteiger partial charge in [-0.3, -0.25) is 4.99 Å². The van der Waals surface area contributed by atoms with Crippen molar-refractivity contribution >= 4 is 17.5 Å². The normalized spacial score (nSPS) is 22.6. The van der Waals surface area contributed by atoms with Gasteiger partial charge in [-0.1, -0.05) is 26.5 Å². The Bertz CT molecular complexity index is 240. The first kappa shape index (κ1) is 10.6. The second kappa shape index (κ2) is 5.28. The van der Waals surface area contributed by atoms with Crippen molar-refractivity contribution in [1.82, 2.24) is 0 Å². The summed E-state index contributed by atoms with van der Waals surface area (Å²) in [5, 5.41) is 0. The topological polar surface area (TPSA) is 12.4 Å². The Morgan fingerprint density at radius 3 is 3.08 bits per heavy atom. The highest BCUT2D eigenvalue weighted by atomic mass is 32.2. The summed E-state index contributed by atoms with van der Waals surface area (Å²) in [6.07, 6.45) is 5.09. The van der Waals surface area contributed by atoms with Crippen molar-refractivity contribution in [3.05, 3.63) is 23.6 Å². The number of nitrogens with zero attached hydrogens (tertiary/aromatic N) is 1. The average Bonchev–Trinajstić information content (AvgIpc) is 2.18. The Labute approximate surface area is 85.0 Å². The highest BCUT2D eigenvalue weighted by Crippen LogP contribution is 2.26. The molecule has 0 bridgehead atoms. The molecular formula is C11H17NS. The minimum absolute atomic E-state index is 0.582. The van der Waals surface area contributed by atoms with Crippen LogP contribution in [-0.4, -0.2) is 18.0 Å². The van der Waals surface area contributed by atoms with Crippen LogP contribution < -0.4 is 0 Å². The zero-order valence-corrected chi connectivity index (χ0v) is 9.23. The molecule has 1 aliphatic heterocycles. The summed E-state index contributed by atoms with van der Waals surface area (Å²) >= 11 is 1.90. The zero-order chi connectivity index (χ0) is 9.68. The number of aliphatic imine (C=N–C) groups is 1. The van der Waals surface area contributed by atoms with Crippen LogP contribution >= 0.6 is 11.8 Å². The summed E-state index contributed by atoms with van der Waals surface area (Å²) in [6, 6.07) is 0. The van der Waals surface area contributed by atoms with Crippen molar-refractivity contribution < 1.29 is 0 Å². The lowest BCUT2D eigenvalue weighted by Gasteiger charge is -2.19. The van der Waals surface area contributed by atoms with Crippen LogP contribution in [0.3, 0.4) is 0 Å². The van der Waals surface area contributed by atoms with E-state index in [1.165, 1.54) is 10.6 Å². The van der Waals surface area contributed by atoms with Crippen LogP contribution in [0.4, 0.5) is 0 Å². The van der Waals surface area contributed by atoms with Crippen molar-refractivity contribution in [1.29, 1.82) is 0 Å². The van der Waals surface area contributed by atoms with Gasteiger partial charge in [0.2, 0.25) is 0 Å². The van der Waals surface area contributed by atoms with Gasteiger partial charge in [-0.15, -0.1) is 11.8 Å². The third-order valence-corrected chi connectivity index (χ3v) is 3.27. The maximum absolute atomic E-state index is 4.58. The van der Waals surface area contributed by atoms with Gasteiger partial charge in [0.25, 0.3) is 0 Å². The predicted octanol–water partition coefficient (Wildman–Crippen LogP) is 3.29. The smallest absolute Gasteiger partial charge is 0.0512 e. The Hall–Kier alpha value is -0.500. The quantitative estimate of drug-likeness (QED) is 0.673. The van der Waals surface area contributed by atoms with Crippen LogP contribution in [0.2, 0.25) is 0 Å². The lowest BCUT2D eigenvalue weighted by Crippen LogP contribution is -2.16. The van der Waals surface area contributed by atoms with Gasteiger partial charge in [-0.2, -0.15) is 0 Å². The molecule has 13 heavy (non-hydrogen) atoms. The van der Waals surface area contributed by atoms with Gasteiger partial charge in [-0.05, 0) is 18.4 Å². The largest absolute Gasteiger partial charge is 0.287 e. The van der Waals surface area contributed by atoms with Gasteiger partial charge in [0, 0.05) is 17.2 Å². The van der Waals surface area contributed by atoms with Gasteiger partial charge >= 0.3 is 0 Å². The Morgan fingerprint density at radius 1 is 1.69 bits per heavy atom. The lowest BCUT2D eigenvalue weighted by molar-refractivity contribution is 0.736. The predicted molar refractivity (Wildman–Crippen MR) is 62.5 cm³/mol. The fourth-order valence-electron chi connectivity index (χ4n) is 1.31. The minimum atomic E-state index is 0.582. The fraction of sp³-hybridized carbons (Fsp3) is 0.545. The molecule has 0 N–H and O–H groups in total. The number of allylic oxidation sites excluding steroid dienone is 3. The van der Waals surface area contributed by atoms with E-state index in [-0.39, 0.29) is 0 Å². The fourth-order valence-corrected chi connectivity index (χ4v) is 2.31. The third kappa shape index (κ3) is 2.73. The third-order valence-electron chi connectivity index (χ3n) is 2.23. The lowest BCUT2D eigenvalue weighted by atomic mass is 10.0. The second-order valence-corrected chi connectivity index (χ2v) is 4.33. The van der Waals surface area contributed by atoms with Crippen LogP contribution in [0, 0.1) is 5.92 Å². The minimum Gasteiger partial charge on any atom is -0.287 e. The molecule has 0 amide bonds. The molecule has 0 spiro atoms. The van der Waals surface area contributed by atoms with Crippen molar-refractivity contribution in [2.75, 3.05) is 12.3 Å². The molecule has 1 heterocycles. The number of thioether (sulfide) groups is 1. The zero-order valence-electron chi connectivity index (χ0n) is 8.42. The van der Waals surface area contributed by atoms with Crippen molar-refractivity contribution in [3.63, 3.8) is 0 Å². The van der Waals surface area contributed by atoms with Gasteiger partial charge in [-0.25, -0.2) is 0 Å².